The highest BCUT2D eigenvalue weighted by Gasteiger charge is 2.10. The molecule has 0 radical (unpaired) electrons. The molecule has 0 aliphatic carbocycles. The number of carboxylic acid groups (broad SMARTS) is 1. The number of carbonyl (C=O) groups excluding carboxylic acids is 1. The molecule has 1 N–H and O–H groups in total. The normalized spacial score (nSPS) is 10.7. The van der Waals surface area contributed by atoms with Crippen LogP contribution in [-0.4, -0.2) is 36.8 Å². The van der Waals surface area contributed by atoms with E-state index in [9.17, 15) is 14.0 Å². The number of rotatable bonds is 8. The van der Waals surface area contributed by atoms with Gasteiger partial charge in [0.1, 0.15) is 17.3 Å². The largest absolute Gasteiger partial charge is 0.497 e. The predicted molar refractivity (Wildman–Crippen MR) is 97.7 cm³/mol. The van der Waals surface area contributed by atoms with Crippen molar-refractivity contribution in [2.75, 3.05) is 20.0 Å². The Labute approximate surface area is 154 Å². The third-order valence-electron chi connectivity index (χ3n) is 3.42. The summed E-state index contributed by atoms with van der Waals surface area (Å²) in [4.78, 5) is 23.0. The summed E-state index contributed by atoms with van der Waals surface area (Å²) in [5.74, 6) is -1.12. The summed E-state index contributed by atoms with van der Waals surface area (Å²) in [5.41, 5.74) is 0.849. The second-order valence-corrected chi connectivity index (χ2v) is 6.15. The van der Waals surface area contributed by atoms with Crippen molar-refractivity contribution in [3.8, 4) is 11.5 Å². The van der Waals surface area contributed by atoms with Crippen molar-refractivity contribution in [1.29, 1.82) is 0 Å². The molecule has 0 fully saturated rings. The molecular weight excluding hydrogens is 359 g/mol. The van der Waals surface area contributed by atoms with Gasteiger partial charge in [-0.3, -0.25) is 9.59 Å². The van der Waals surface area contributed by atoms with Crippen LogP contribution in [0.1, 0.15) is 15.9 Å². The first kappa shape index (κ1) is 19.5. The Balaban J connectivity index is 2.15. The summed E-state index contributed by atoms with van der Waals surface area (Å²) in [5, 5.41) is 8.64. The molecule has 0 saturated heterocycles. The highest BCUT2D eigenvalue weighted by molar-refractivity contribution is 8.00. The van der Waals surface area contributed by atoms with Crippen LogP contribution in [0.4, 0.5) is 4.39 Å². The third kappa shape index (κ3) is 5.10. The van der Waals surface area contributed by atoms with Gasteiger partial charge in [0.2, 0.25) is 0 Å². The number of aliphatic carboxylic acids is 1. The number of benzene rings is 2. The average molecular weight is 376 g/mol. The predicted octanol–water partition coefficient (Wildman–Crippen LogP) is 3.92. The summed E-state index contributed by atoms with van der Waals surface area (Å²) in [6.07, 6.45) is 2.90. The van der Waals surface area contributed by atoms with Crippen molar-refractivity contribution < 1.29 is 28.6 Å². The highest BCUT2D eigenvalue weighted by atomic mass is 32.2. The van der Waals surface area contributed by atoms with Gasteiger partial charge in [-0.1, -0.05) is 0 Å². The van der Waals surface area contributed by atoms with Gasteiger partial charge in [0.05, 0.1) is 20.0 Å². The van der Waals surface area contributed by atoms with Crippen LogP contribution in [0.5, 0.6) is 11.5 Å². The Morgan fingerprint density at radius 2 is 1.92 bits per heavy atom. The number of halogens is 1. The Morgan fingerprint density at radius 1 is 1.15 bits per heavy atom. The molecule has 0 spiro atoms. The lowest BCUT2D eigenvalue weighted by molar-refractivity contribution is -0.133. The number of hydrogen-bond acceptors (Lipinski definition) is 5. The number of ketones is 1. The first-order valence-electron chi connectivity index (χ1n) is 7.53. The SMILES string of the molecule is COc1ccc(/C=C/C(=O)c2ccc(SCC(=O)O)c(F)c2)c(OC)c1. The molecule has 0 bridgehead atoms. The number of allylic oxidation sites excluding steroid dienone is 1. The van der Waals surface area contributed by atoms with Gasteiger partial charge < -0.3 is 14.6 Å². The fraction of sp³-hybridized carbons (Fsp3) is 0.158. The fourth-order valence-corrected chi connectivity index (χ4v) is 2.77. The quantitative estimate of drug-likeness (QED) is 0.428. The number of carbonyl (C=O) groups is 2. The number of hydrogen-bond donors (Lipinski definition) is 1. The number of methoxy groups -OCH3 is 2. The zero-order chi connectivity index (χ0) is 19.1. The van der Waals surface area contributed by atoms with Crippen LogP contribution in [0.25, 0.3) is 6.08 Å². The zero-order valence-corrected chi connectivity index (χ0v) is 15.0. The first-order chi connectivity index (χ1) is 12.4. The standard InChI is InChI=1S/C19H17FO5S/c1-24-14-6-3-12(17(10-14)25-2)4-7-16(21)13-5-8-18(15(20)9-13)26-11-19(22)23/h3-10H,11H2,1-2H3,(H,22,23)/b7-4+. The van der Waals surface area contributed by atoms with E-state index in [1.54, 1.807) is 31.4 Å². The van der Waals surface area contributed by atoms with Gasteiger partial charge in [0.15, 0.2) is 5.78 Å². The van der Waals surface area contributed by atoms with Gasteiger partial charge in [-0.15, -0.1) is 11.8 Å². The Bertz CT molecular complexity index is 848. The van der Waals surface area contributed by atoms with Crippen molar-refractivity contribution in [1.82, 2.24) is 0 Å². The summed E-state index contributed by atoms with van der Waals surface area (Å²) in [6.45, 7) is 0. The van der Waals surface area contributed by atoms with E-state index in [4.69, 9.17) is 14.6 Å². The van der Waals surface area contributed by atoms with Gasteiger partial charge in [-0.05, 0) is 42.5 Å². The van der Waals surface area contributed by atoms with Crippen LogP contribution >= 0.6 is 11.8 Å². The van der Waals surface area contributed by atoms with Crippen molar-refractivity contribution >= 4 is 29.6 Å². The summed E-state index contributed by atoms with van der Waals surface area (Å²) < 4.78 is 24.4. The highest BCUT2D eigenvalue weighted by Crippen LogP contribution is 2.26. The molecule has 2 aromatic rings. The minimum Gasteiger partial charge on any atom is -0.497 e. The van der Waals surface area contributed by atoms with Gasteiger partial charge in [-0.2, -0.15) is 0 Å². The van der Waals surface area contributed by atoms with Gasteiger partial charge in [0, 0.05) is 22.1 Å². The molecule has 0 unspecified atom stereocenters. The lowest BCUT2D eigenvalue weighted by atomic mass is 10.1. The maximum Gasteiger partial charge on any atom is 0.313 e. The van der Waals surface area contributed by atoms with Gasteiger partial charge in [-0.25, -0.2) is 4.39 Å². The maximum absolute atomic E-state index is 14.0. The molecule has 0 amide bonds. The average Bonchev–Trinajstić information content (AvgIpc) is 2.64. The lowest BCUT2D eigenvalue weighted by Gasteiger charge is -2.07. The van der Waals surface area contributed by atoms with Crippen LogP contribution in [0.15, 0.2) is 47.4 Å². The van der Waals surface area contributed by atoms with E-state index in [2.05, 4.69) is 0 Å². The number of thioether (sulfide) groups is 1. The van der Waals surface area contributed by atoms with E-state index in [1.807, 2.05) is 0 Å². The molecule has 7 heteroatoms. The smallest absolute Gasteiger partial charge is 0.313 e. The summed E-state index contributed by atoms with van der Waals surface area (Å²) >= 11 is 0.862. The van der Waals surface area contributed by atoms with Gasteiger partial charge >= 0.3 is 5.97 Å². The topological polar surface area (TPSA) is 72.8 Å². The third-order valence-corrected chi connectivity index (χ3v) is 4.46. The number of carboxylic acids is 1. The van der Waals surface area contributed by atoms with Crippen LogP contribution in [0.2, 0.25) is 0 Å². The van der Waals surface area contributed by atoms with Crippen molar-refractivity contribution in [2.45, 2.75) is 4.90 Å². The second-order valence-electron chi connectivity index (χ2n) is 5.13. The van der Waals surface area contributed by atoms with Crippen LogP contribution in [0, 0.1) is 5.82 Å². The molecule has 0 aromatic heterocycles. The minimum absolute atomic E-state index is 0.172. The Hall–Kier alpha value is -2.80. The van der Waals surface area contributed by atoms with Crippen molar-refractivity contribution in [2.24, 2.45) is 0 Å². The van der Waals surface area contributed by atoms with Crippen LogP contribution in [0.3, 0.4) is 0 Å². The van der Waals surface area contributed by atoms with E-state index in [0.717, 1.165) is 17.8 Å². The Morgan fingerprint density at radius 3 is 2.54 bits per heavy atom. The fourth-order valence-electron chi connectivity index (χ4n) is 2.13. The van der Waals surface area contributed by atoms with Crippen molar-refractivity contribution in [3.63, 3.8) is 0 Å². The van der Waals surface area contributed by atoms with Crippen molar-refractivity contribution in [3.05, 3.63) is 59.4 Å². The molecule has 26 heavy (non-hydrogen) atoms. The Kier molecular flexibility index (Phi) is 6.80. The van der Waals surface area contributed by atoms with E-state index in [-0.39, 0.29) is 22.0 Å². The second kappa shape index (κ2) is 9.05. The number of ether oxygens (including phenoxy) is 2. The molecule has 0 aliphatic rings. The molecule has 2 rings (SSSR count). The monoisotopic (exact) mass is 376 g/mol. The minimum atomic E-state index is -1.04. The lowest BCUT2D eigenvalue weighted by Crippen LogP contribution is -2.00. The van der Waals surface area contributed by atoms with E-state index in [1.165, 1.54) is 25.3 Å². The summed E-state index contributed by atoms with van der Waals surface area (Å²) in [7, 11) is 3.05. The van der Waals surface area contributed by atoms with Crippen LogP contribution in [-0.2, 0) is 4.79 Å². The van der Waals surface area contributed by atoms with E-state index < -0.39 is 11.8 Å². The maximum atomic E-state index is 14.0. The molecule has 2 aromatic carbocycles. The van der Waals surface area contributed by atoms with E-state index in [0.29, 0.717) is 17.1 Å². The molecule has 0 saturated carbocycles. The van der Waals surface area contributed by atoms with Crippen LogP contribution < -0.4 is 9.47 Å². The molecule has 0 atom stereocenters. The molecule has 0 aliphatic heterocycles. The molecule has 0 heterocycles. The zero-order valence-electron chi connectivity index (χ0n) is 14.2. The molecule has 5 nitrogen and oxygen atoms in total. The first-order valence-corrected chi connectivity index (χ1v) is 8.51. The van der Waals surface area contributed by atoms with E-state index >= 15 is 0 Å². The molecule has 136 valence electrons. The summed E-state index contributed by atoms with van der Waals surface area (Å²) in [6, 6.07) is 9.14. The van der Waals surface area contributed by atoms with Gasteiger partial charge in [0.25, 0.3) is 0 Å². The molecular formula is C19H17FO5S.